The molecule has 0 atom stereocenters. The van der Waals surface area contributed by atoms with E-state index < -0.39 is 0 Å². The lowest BCUT2D eigenvalue weighted by atomic mass is 10.3. The molecule has 20 heavy (non-hydrogen) atoms. The van der Waals surface area contributed by atoms with E-state index in [4.69, 9.17) is 0 Å². The van der Waals surface area contributed by atoms with Crippen molar-refractivity contribution >= 4 is 5.65 Å². The minimum absolute atomic E-state index is 0.0363. The molecule has 1 aliphatic rings. The molecule has 0 unspecified atom stereocenters. The van der Waals surface area contributed by atoms with Gasteiger partial charge in [-0.2, -0.15) is 0 Å². The molecule has 0 aromatic carbocycles. The van der Waals surface area contributed by atoms with E-state index in [0.29, 0.717) is 12.2 Å². The Hall–Kier alpha value is -1.76. The van der Waals surface area contributed by atoms with Crippen LogP contribution in [0.1, 0.15) is 5.69 Å². The second-order valence-corrected chi connectivity index (χ2v) is 5.14. The molecule has 1 N–H and O–H groups in total. The number of rotatable bonds is 3. The molecule has 0 amide bonds. The first-order valence-corrected chi connectivity index (χ1v) is 6.87. The van der Waals surface area contributed by atoms with Crippen molar-refractivity contribution < 1.29 is 0 Å². The summed E-state index contributed by atoms with van der Waals surface area (Å²) >= 11 is 0. The Kier molecular flexibility index (Phi) is 3.77. The molecule has 2 aromatic heterocycles. The minimum atomic E-state index is -0.0363. The molecule has 1 fully saturated rings. The van der Waals surface area contributed by atoms with Gasteiger partial charge in [0.05, 0.1) is 12.2 Å². The van der Waals surface area contributed by atoms with Crippen LogP contribution in [0.4, 0.5) is 0 Å². The van der Waals surface area contributed by atoms with E-state index in [1.807, 2.05) is 18.2 Å². The Morgan fingerprint density at radius 1 is 1.25 bits per heavy atom. The highest BCUT2D eigenvalue weighted by molar-refractivity contribution is 5.37. The highest BCUT2D eigenvalue weighted by Gasteiger charge is 2.13. The molecule has 0 spiro atoms. The number of hydrogen-bond acceptors (Lipinski definition) is 5. The predicted octanol–water partition coefficient (Wildman–Crippen LogP) is -0.0535. The average molecular weight is 273 g/mol. The van der Waals surface area contributed by atoms with Crippen molar-refractivity contribution in [1.29, 1.82) is 0 Å². The van der Waals surface area contributed by atoms with Crippen LogP contribution in [0.2, 0.25) is 0 Å². The molecule has 0 bridgehead atoms. The lowest BCUT2D eigenvalue weighted by Gasteiger charge is -2.32. The Morgan fingerprint density at radius 3 is 2.85 bits per heavy atom. The average Bonchev–Trinajstić information content (AvgIpc) is 2.47. The molecule has 3 rings (SSSR count). The van der Waals surface area contributed by atoms with E-state index in [9.17, 15) is 4.79 Å². The van der Waals surface area contributed by atoms with Gasteiger partial charge in [-0.3, -0.25) is 9.20 Å². The number of nitrogens with one attached hydrogen (secondary N) is 1. The molecule has 0 saturated carbocycles. The first-order chi connectivity index (χ1) is 9.72. The van der Waals surface area contributed by atoms with Gasteiger partial charge in [0.15, 0.2) is 0 Å². The van der Waals surface area contributed by atoms with Gasteiger partial charge in [0.1, 0.15) is 5.65 Å². The maximum Gasteiger partial charge on any atom is 0.258 e. The van der Waals surface area contributed by atoms with E-state index in [2.05, 4.69) is 27.4 Å². The van der Waals surface area contributed by atoms with Crippen molar-refractivity contribution in [2.75, 3.05) is 33.2 Å². The van der Waals surface area contributed by atoms with Gasteiger partial charge in [0, 0.05) is 38.4 Å². The lowest BCUT2D eigenvalue weighted by molar-refractivity contribution is 0.101. The van der Waals surface area contributed by atoms with Gasteiger partial charge in [-0.05, 0) is 19.2 Å². The number of nitrogens with zero attached hydrogens (tertiary/aromatic N) is 4. The van der Waals surface area contributed by atoms with Gasteiger partial charge in [-0.15, -0.1) is 0 Å². The van der Waals surface area contributed by atoms with E-state index in [0.717, 1.165) is 31.9 Å². The van der Waals surface area contributed by atoms with Gasteiger partial charge in [-0.25, -0.2) is 15.4 Å². The summed E-state index contributed by atoms with van der Waals surface area (Å²) in [5, 5.41) is 2.19. The molecule has 0 aliphatic carbocycles. The molecular weight excluding hydrogens is 254 g/mol. The van der Waals surface area contributed by atoms with Crippen LogP contribution in [0.3, 0.4) is 0 Å². The molecule has 1 saturated heterocycles. The second kappa shape index (κ2) is 5.70. The highest BCUT2D eigenvalue weighted by atomic mass is 16.1. The van der Waals surface area contributed by atoms with Crippen molar-refractivity contribution in [3.63, 3.8) is 0 Å². The van der Waals surface area contributed by atoms with Gasteiger partial charge < -0.3 is 4.90 Å². The summed E-state index contributed by atoms with van der Waals surface area (Å²) in [6.45, 7) is 4.68. The fourth-order valence-electron chi connectivity index (χ4n) is 2.35. The molecular formula is C14H19N5O. The maximum atomic E-state index is 12.0. The van der Waals surface area contributed by atoms with Crippen LogP contribution in [0.15, 0.2) is 35.3 Å². The van der Waals surface area contributed by atoms with E-state index >= 15 is 0 Å². The normalized spacial score (nSPS) is 17.6. The number of aromatic nitrogens is 2. The summed E-state index contributed by atoms with van der Waals surface area (Å²) in [5.41, 5.74) is 4.78. The summed E-state index contributed by atoms with van der Waals surface area (Å²) in [6.07, 6.45) is 1.74. The minimum Gasteiger partial charge on any atom is -0.304 e. The molecule has 106 valence electrons. The molecule has 2 aromatic rings. The maximum absolute atomic E-state index is 12.0. The summed E-state index contributed by atoms with van der Waals surface area (Å²) in [7, 11) is 2.13. The third kappa shape index (κ3) is 2.87. The van der Waals surface area contributed by atoms with Gasteiger partial charge in [0.2, 0.25) is 0 Å². The molecule has 6 heteroatoms. The summed E-state index contributed by atoms with van der Waals surface area (Å²) in [5.74, 6) is 0. The Labute approximate surface area is 117 Å². The second-order valence-electron chi connectivity index (χ2n) is 5.14. The number of pyridine rings is 1. The standard InChI is InChI=1S/C14H19N5O/c1-17-6-8-18(9-7-17)15-11-12-10-14(20)19-5-3-2-4-13(19)16-12/h2-5,10,15H,6-9,11H2,1H3. The zero-order valence-corrected chi connectivity index (χ0v) is 11.6. The number of likely N-dealkylation sites (N-methyl/N-ethyl adjacent to an activating group) is 1. The Balaban J connectivity index is 1.70. The smallest absolute Gasteiger partial charge is 0.258 e. The molecule has 1 aliphatic heterocycles. The fraction of sp³-hybridized carbons (Fsp3) is 0.429. The predicted molar refractivity (Wildman–Crippen MR) is 77.4 cm³/mol. The Bertz CT molecular complexity index is 645. The van der Waals surface area contributed by atoms with Crippen molar-refractivity contribution in [2.45, 2.75) is 6.54 Å². The zero-order valence-electron chi connectivity index (χ0n) is 11.6. The van der Waals surface area contributed by atoms with Crippen molar-refractivity contribution in [1.82, 2.24) is 24.7 Å². The van der Waals surface area contributed by atoms with Crippen LogP contribution in [0.25, 0.3) is 5.65 Å². The lowest BCUT2D eigenvalue weighted by Crippen LogP contribution is -2.50. The third-order valence-corrected chi connectivity index (χ3v) is 3.61. The zero-order chi connectivity index (χ0) is 13.9. The van der Waals surface area contributed by atoms with Crippen molar-refractivity contribution in [2.24, 2.45) is 0 Å². The van der Waals surface area contributed by atoms with Crippen LogP contribution in [0, 0.1) is 0 Å². The molecule has 0 radical (unpaired) electrons. The van der Waals surface area contributed by atoms with Gasteiger partial charge >= 0.3 is 0 Å². The van der Waals surface area contributed by atoms with Crippen LogP contribution < -0.4 is 11.0 Å². The monoisotopic (exact) mass is 273 g/mol. The van der Waals surface area contributed by atoms with Crippen LogP contribution >= 0.6 is 0 Å². The number of hydrogen-bond donors (Lipinski definition) is 1. The summed E-state index contributed by atoms with van der Waals surface area (Å²) < 4.78 is 1.55. The van der Waals surface area contributed by atoms with E-state index in [1.165, 1.54) is 0 Å². The third-order valence-electron chi connectivity index (χ3n) is 3.61. The number of hydrazine groups is 1. The molecule has 3 heterocycles. The number of fused-ring (bicyclic) bond motifs is 1. The van der Waals surface area contributed by atoms with E-state index in [-0.39, 0.29) is 5.56 Å². The van der Waals surface area contributed by atoms with E-state index in [1.54, 1.807) is 16.7 Å². The Morgan fingerprint density at radius 2 is 2.05 bits per heavy atom. The van der Waals surface area contributed by atoms with Gasteiger partial charge in [-0.1, -0.05) is 6.07 Å². The number of piperazine rings is 1. The quantitative estimate of drug-likeness (QED) is 0.849. The largest absolute Gasteiger partial charge is 0.304 e. The first-order valence-electron chi connectivity index (χ1n) is 6.87. The molecule has 6 nitrogen and oxygen atoms in total. The fourth-order valence-corrected chi connectivity index (χ4v) is 2.35. The first kappa shape index (κ1) is 13.2. The summed E-state index contributed by atoms with van der Waals surface area (Å²) in [6, 6.07) is 7.16. The van der Waals surface area contributed by atoms with Gasteiger partial charge in [0.25, 0.3) is 5.56 Å². The van der Waals surface area contributed by atoms with Crippen LogP contribution in [-0.4, -0.2) is 52.5 Å². The van der Waals surface area contributed by atoms with Crippen LogP contribution in [-0.2, 0) is 6.54 Å². The SMILES string of the molecule is CN1CCN(NCc2cc(=O)n3ccccc3n2)CC1. The highest BCUT2D eigenvalue weighted by Crippen LogP contribution is 2.00. The van der Waals surface area contributed by atoms with Crippen molar-refractivity contribution in [3.8, 4) is 0 Å². The summed E-state index contributed by atoms with van der Waals surface area (Å²) in [4.78, 5) is 18.8. The van der Waals surface area contributed by atoms with Crippen molar-refractivity contribution in [3.05, 3.63) is 46.5 Å². The van der Waals surface area contributed by atoms with Crippen LogP contribution in [0.5, 0.6) is 0 Å². The topological polar surface area (TPSA) is 52.9 Å².